The van der Waals surface area contributed by atoms with Crippen molar-refractivity contribution in [3.63, 3.8) is 0 Å². The van der Waals surface area contributed by atoms with E-state index in [0.717, 1.165) is 12.2 Å². The number of thiol groups is 1. The van der Waals surface area contributed by atoms with Crippen LogP contribution in [0.4, 0.5) is 4.39 Å². The van der Waals surface area contributed by atoms with E-state index in [1.807, 2.05) is 19.9 Å². The Bertz CT molecular complexity index is 458. The maximum absolute atomic E-state index is 13.5. The number of ether oxygens (including phenoxy) is 1. The van der Waals surface area contributed by atoms with E-state index in [1.54, 1.807) is 12.1 Å². The van der Waals surface area contributed by atoms with Crippen LogP contribution in [0.5, 0.6) is 5.75 Å². The lowest BCUT2D eigenvalue weighted by atomic mass is 9.99. The van der Waals surface area contributed by atoms with Crippen molar-refractivity contribution in [3.05, 3.63) is 42.2 Å². The van der Waals surface area contributed by atoms with Gasteiger partial charge in [-0.15, -0.1) is 6.58 Å². The summed E-state index contributed by atoms with van der Waals surface area (Å²) in [6.45, 7) is 7.94. The first-order chi connectivity index (χ1) is 10.5. The highest BCUT2D eigenvalue weighted by Crippen LogP contribution is 2.31. The van der Waals surface area contributed by atoms with Crippen LogP contribution in [0.25, 0.3) is 0 Å². The van der Waals surface area contributed by atoms with Gasteiger partial charge in [-0.2, -0.15) is 12.6 Å². The quantitative estimate of drug-likeness (QED) is 0.557. The molecule has 0 aromatic heterocycles. The molecule has 0 aliphatic heterocycles. The molecule has 22 heavy (non-hydrogen) atoms. The summed E-state index contributed by atoms with van der Waals surface area (Å²) in [5, 5.41) is 9.92. The van der Waals surface area contributed by atoms with Gasteiger partial charge in [-0.25, -0.2) is 4.39 Å². The van der Waals surface area contributed by atoms with Gasteiger partial charge in [-0.05, 0) is 54.5 Å². The third kappa shape index (κ3) is 6.84. The lowest BCUT2D eigenvalue weighted by molar-refractivity contribution is 0.126. The zero-order valence-corrected chi connectivity index (χ0v) is 14.4. The van der Waals surface area contributed by atoms with Gasteiger partial charge in [-0.3, -0.25) is 0 Å². The van der Waals surface area contributed by atoms with Crippen molar-refractivity contribution in [1.29, 1.82) is 0 Å². The van der Waals surface area contributed by atoms with Crippen molar-refractivity contribution < 1.29 is 14.2 Å². The third-order valence-electron chi connectivity index (χ3n) is 3.43. The zero-order valence-electron chi connectivity index (χ0n) is 13.5. The predicted molar refractivity (Wildman–Crippen MR) is 93.1 cm³/mol. The molecule has 0 heterocycles. The fourth-order valence-corrected chi connectivity index (χ4v) is 1.97. The number of aliphatic hydroxyl groups is 1. The van der Waals surface area contributed by atoms with Crippen molar-refractivity contribution in [1.82, 2.24) is 0 Å². The fraction of sp³-hybridized carbons (Fsp3) is 0.556. The summed E-state index contributed by atoms with van der Waals surface area (Å²) in [6.07, 6.45) is 4.65. The van der Waals surface area contributed by atoms with E-state index in [2.05, 4.69) is 19.2 Å². The molecule has 1 aromatic rings. The number of hydrogen-bond donors (Lipinski definition) is 2. The lowest BCUT2D eigenvalue weighted by Crippen LogP contribution is -2.07. The first-order valence-electron chi connectivity index (χ1n) is 7.81. The minimum absolute atomic E-state index is 0.108. The average Bonchev–Trinajstić information content (AvgIpc) is 3.31. The Morgan fingerprint density at radius 2 is 2.14 bits per heavy atom. The second-order valence-electron chi connectivity index (χ2n) is 5.93. The Morgan fingerprint density at radius 3 is 2.59 bits per heavy atom. The Morgan fingerprint density at radius 1 is 1.45 bits per heavy atom. The zero-order chi connectivity index (χ0) is 16.5. The molecule has 1 aliphatic rings. The number of rotatable bonds is 7. The van der Waals surface area contributed by atoms with Gasteiger partial charge >= 0.3 is 0 Å². The number of halogens is 1. The van der Waals surface area contributed by atoms with Gasteiger partial charge in [0.15, 0.2) is 11.6 Å². The SMILES string of the molecule is C=CCCS.CC(C)C(O)c1ccc(F)c(OCC2CC2)c1. The summed E-state index contributed by atoms with van der Waals surface area (Å²) in [5.41, 5.74) is 0.715. The summed E-state index contributed by atoms with van der Waals surface area (Å²) in [5.74, 6) is 1.52. The maximum atomic E-state index is 13.5. The highest BCUT2D eigenvalue weighted by molar-refractivity contribution is 7.80. The Kier molecular flexibility index (Phi) is 8.57. The molecule has 0 saturated heterocycles. The van der Waals surface area contributed by atoms with Crippen molar-refractivity contribution in [2.75, 3.05) is 12.4 Å². The van der Waals surface area contributed by atoms with Crippen LogP contribution in [0.1, 0.15) is 44.8 Å². The van der Waals surface area contributed by atoms with Crippen LogP contribution >= 0.6 is 12.6 Å². The molecular formula is C18H27FO2S. The van der Waals surface area contributed by atoms with Gasteiger partial charge in [0.05, 0.1) is 12.7 Å². The first kappa shape index (κ1) is 19.0. The van der Waals surface area contributed by atoms with Gasteiger partial charge in [0, 0.05) is 0 Å². The molecule has 1 fully saturated rings. The van der Waals surface area contributed by atoms with Crippen molar-refractivity contribution >= 4 is 12.6 Å². The van der Waals surface area contributed by atoms with Crippen molar-refractivity contribution in [3.8, 4) is 5.75 Å². The van der Waals surface area contributed by atoms with E-state index >= 15 is 0 Å². The van der Waals surface area contributed by atoms with E-state index in [4.69, 9.17) is 4.74 Å². The molecule has 0 amide bonds. The molecule has 2 nitrogen and oxygen atoms in total. The monoisotopic (exact) mass is 326 g/mol. The molecular weight excluding hydrogens is 299 g/mol. The smallest absolute Gasteiger partial charge is 0.165 e. The molecule has 1 saturated carbocycles. The third-order valence-corrected chi connectivity index (χ3v) is 3.69. The molecule has 0 radical (unpaired) electrons. The highest BCUT2D eigenvalue weighted by Gasteiger charge is 2.23. The van der Waals surface area contributed by atoms with Gasteiger partial charge < -0.3 is 9.84 Å². The molecule has 0 bridgehead atoms. The number of benzene rings is 1. The standard InChI is InChI=1S/C14H19FO2.C4H8S/c1-9(2)14(16)11-5-6-12(15)13(7-11)17-8-10-3-4-10;1-2-3-4-5/h5-7,9-10,14,16H,3-4,8H2,1-2H3;2,5H,1,3-4H2. The molecule has 1 aromatic carbocycles. The number of hydrogen-bond acceptors (Lipinski definition) is 3. The van der Waals surface area contributed by atoms with Crippen LogP contribution < -0.4 is 4.74 Å². The van der Waals surface area contributed by atoms with E-state index < -0.39 is 6.10 Å². The maximum Gasteiger partial charge on any atom is 0.165 e. The fourth-order valence-electron chi connectivity index (χ4n) is 1.78. The van der Waals surface area contributed by atoms with Crippen LogP contribution in [-0.2, 0) is 0 Å². The summed E-state index contributed by atoms with van der Waals surface area (Å²) < 4.78 is 18.9. The summed E-state index contributed by atoms with van der Waals surface area (Å²) in [4.78, 5) is 0. The normalized spacial score (nSPS) is 15.0. The van der Waals surface area contributed by atoms with Gasteiger partial charge in [0.1, 0.15) is 0 Å². The second-order valence-corrected chi connectivity index (χ2v) is 6.38. The van der Waals surface area contributed by atoms with E-state index in [1.165, 1.54) is 18.9 Å². The van der Waals surface area contributed by atoms with Gasteiger partial charge in [0.25, 0.3) is 0 Å². The van der Waals surface area contributed by atoms with Crippen LogP contribution in [0.2, 0.25) is 0 Å². The lowest BCUT2D eigenvalue weighted by Gasteiger charge is -2.16. The molecule has 1 aliphatic carbocycles. The molecule has 1 atom stereocenters. The largest absolute Gasteiger partial charge is 0.490 e. The minimum Gasteiger partial charge on any atom is -0.490 e. The molecule has 2 rings (SSSR count). The highest BCUT2D eigenvalue weighted by atomic mass is 32.1. The van der Waals surface area contributed by atoms with E-state index in [0.29, 0.717) is 18.1 Å². The topological polar surface area (TPSA) is 29.5 Å². The van der Waals surface area contributed by atoms with E-state index in [-0.39, 0.29) is 17.5 Å². The molecule has 0 spiro atoms. The van der Waals surface area contributed by atoms with Gasteiger partial charge in [0.2, 0.25) is 0 Å². The summed E-state index contributed by atoms with van der Waals surface area (Å²) >= 11 is 3.93. The Labute approximate surface area is 138 Å². The Balaban J connectivity index is 0.000000422. The molecule has 4 heteroatoms. The number of aliphatic hydroxyl groups excluding tert-OH is 1. The van der Waals surface area contributed by atoms with Crippen LogP contribution in [-0.4, -0.2) is 17.5 Å². The Hall–Kier alpha value is -1.00. The first-order valence-corrected chi connectivity index (χ1v) is 8.44. The summed E-state index contributed by atoms with van der Waals surface area (Å²) in [6, 6.07) is 4.59. The van der Waals surface area contributed by atoms with Gasteiger partial charge in [-0.1, -0.05) is 26.0 Å². The average molecular weight is 326 g/mol. The number of allylic oxidation sites excluding steroid dienone is 1. The molecule has 1 N–H and O–H groups in total. The van der Waals surface area contributed by atoms with Crippen molar-refractivity contribution in [2.45, 2.75) is 39.2 Å². The summed E-state index contributed by atoms with van der Waals surface area (Å²) in [7, 11) is 0. The molecule has 1 unspecified atom stereocenters. The van der Waals surface area contributed by atoms with Crippen molar-refractivity contribution in [2.24, 2.45) is 11.8 Å². The second kappa shape index (κ2) is 9.90. The van der Waals surface area contributed by atoms with Crippen LogP contribution in [0.15, 0.2) is 30.9 Å². The minimum atomic E-state index is -0.570. The van der Waals surface area contributed by atoms with Crippen LogP contribution in [0, 0.1) is 17.7 Å². The molecule has 124 valence electrons. The van der Waals surface area contributed by atoms with Crippen LogP contribution in [0.3, 0.4) is 0 Å². The van der Waals surface area contributed by atoms with E-state index in [9.17, 15) is 9.50 Å². The predicted octanol–water partition coefficient (Wildman–Crippen LogP) is 4.80.